The van der Waals surface area contributed by atoms with Gasteiger partial charge in [0.2, 0.25) is 0 Å². The first-order chi connectivity index (χ1) is 12.8. The van der Waals surface area contributed by atoms with Crippen LogP contribution in [0.25, 0.3) is 5.57 Å². The highest BCUT2D eigenvalue weighted by Gasteiger charge is 2.19. The van der Waals surface area contributed by atoms with Crippen molar-refractivity contribution in [1.29, 1.82) is 0 Å². The largest absolute Gasteiger partial charge is 0.379 e. The van der Waals surface area contributed by atoms with E-state index in [9.17, 15) is 0 Å². The van der Waals surface area contributed by atoms with E-state index in [1.165, 1.54) is 11.1 Å². The number of morpholine rings is 1. The van der Waals surface area contributed by atoms with Crippen LogP contribution < -0.4 is 5.32 Å². The van der Waals surface area contributed by atoms with E-state index in [4.69, 9.17) is 9.73 Å². The number of nitrogens with zero attached hydrogens (tertiary/aromatic N) is 3. The first-order valence-corrected chi connectivity index (χ1v) is 9.87. The zero-order chi connectivity index (χ0) is 18.2. The number of hydrogen-bond donors (Lipinski definition) is 1. The van der Waals surface area contributed by atoms with Gasteiger partial charge in [0.1, 0.15) is 0 Å². The molecule has 1 unspecified atom stereocenters. The van der Waals surface area contributed by atoms with Crippen molar-refractivity contribution in [3.63, 3.8) is 0 Å². The highest BCUT2D eigenvalue weighted by Crippen LogP contribution is 2.22. The molecule has 1 aromatic rings. The summed E-state index contributed by atoms with van der Waals surface area (Å²) in [6.45, 7) is 11.8. The highest BCUT2D eigenvalue weighted by atomic mass is 127. The minimum Gasteiger partial charge on any atom is -0.379 e. The Labute approximate surface area is 180 Å². The SMILES string of the molecule is CCNC(=NCC(C)N1CCOCC1)N1CC=C(c2ccccc2)CC1.I. The molecule has 2 aliphatic rings. The molecule has 0 bridgehead atoms. The van der Waals surface area contributed by atoms with Crippen molar-refractivity contribution >= 4 is 35.5 Å². The van der Waals surface area contributed by atoms with Gasteiger partial charge in [0.25, 0.3) is 0 Å². The maximum atomic E-state index is 5.45. The first kappa shape index (κ1) is 22.2. The molecule has 1 N–H and O–H groups in total. The van der Waals surface area contributed by atoms with Crippen molar-refractivity contribution < 1.29 is 4.74 Å². The Morgan fingerprint density at radius 3 is 2.56 bits per heavy atom. The number of benzene rings is 1. The Balaban J connectivity index is 0.00000261. The molecular weight excluding hydrogens is 451 g/mol. The van der Waals surface area contributed by atoms with Gasteiger partial charge in [-0.15, -0.1) is 24.0 Å². The van der Waals surface area contributed by atoms with Crippen LogP contribution in [0.3, 0.4) is 0 Å². The zero-order valence-electron chi connectivity index (χ0n) is 16.6. The van der Waals surface area contributed by atoms with Crippen molar-refractivity contribution in [3.05, 3.63) is 42.0 Å². The number of guanidine groups is 1. The van der Waals surface area contributed by atoms with Gasteiger partial charge in [0.05, 0.1) is 19.8 Å². The average molecular weight is 484 g/mol. The molecule has 2 aliphatic heterocycles. The Morgan fingerprint density at radius 2 is 1.93 bits per heavy atom. The molecule has 0 spiro atoms. The second-order valence-corrected chi connectivity index (χ2v) is 6.98. The Kier molecular flexibility index (Phi) is 9.58. The molecule has 1 fully saturated rings. The standard InChI is InChI=1S/C21H32N4O.HI/c1-3-22-21(23-17-18(2)24-13-15-26-16-14-24)25-11-9-20(10-12-25)19-7-5-4-6-8-19;/h4-9,18H,3,10-17H2,1-2H3,(H,22,23);1H. The average Bonchev–Trinajstić information content (AvgIpc) is 2.72. The molecule has 1 saturated heterocycles. The summed E-state index contributed by atoms with van der Waals surface area (Å²) in [6, 6.07) is 11.1. The lowest BCUT2D eigenvalue weighted by molar-refractivity contribution is 0.0220. The third-order valence-electron chi connectivity index (χ3n) is 5.16. The number of ether oxygens (including phenoxy) is 1. The van der Waals surface area contributed by atoms with Crippen molar-refractivity contribution in [3.8, 4) is 0 Å². The van der Waals surface area contributed by atoms with Crippen molar-refractivity contribution in [2.75, 3.05) is 52.5 Å². The van der Waals surface area contributed by atoms with Crippen LogP contribution in [0, 0.1) is 0 Å². The Hall–Kier alpha value is -1.12. The quantitative estimate of drug-likeness (QED) is 0.396. The van der Waals surface area contributed by atoms with Gasteiger partial charge in [-0.25, -0.2) is 0 Å². The number of nitrogens with one attached hydrogen (secondary N) is 1. The van der Waals surface area contributed by atoms with E-state index in [0.29, 0.717) is 6.04 Å². The summed E-state index contributed by atoms with van der Waals surface area (Å²) >= 11 is 0. The van der Waals surface area contributed by atoms with Gasteiger partial charge >= 0.3 is 0 Å². The van der Waals surface area contributed by atoms with Crippen LogP contribution in [0.1, 0.15) is 25.8 Å². The van der Waals surface area contributed by atoms with E-state index in [2.05, 4.69) is 65.4 Å². The number of rotatable bonds is 5. The van der Waals surface area contributed by atoms with Crippen LogP contribution >= 0.6 is 24.0 Å². The lowest BCUT2D eigenvalue weighted by Crippen LogP contribution is -2.46. The number of halogens is 1. The molecular formula is C21H33IN4O. The van der Waals surface area contributed by atoms with Gasteiger partial charge in [-0.3, -0.25) is 9.89 Å². The van der Waals surface area contributed by atoms with Gasteiger partial charge < -0.3 is 15.0 Å². The Bertz CT molecular complexity index is 614. The second-order valence-electron chi connectivity index (χ2n) is 6.98. The van der Waals surface area contributed by atoms with Gasteiger partial charge in [0.15, 0.2) is 5.96 Å². The third-order valence-corrected chi connectivity index (χ3v) is 5.16. The van der Waals surface area contributed by atoms with E-state index < -0.39 is 0 Å². The molecule has 3 rings (SSSR count). The summed E-state index contributed by atoms with van der Waals surface area (Å²) in [5.74, 6) is 1.04. The smallest absolute Gasteiger partial charge is 0.194 e. The summed E-state index contributed by atoms with van der Waals surface area (Å²) < 4.78 is 5.45. The summed E-state index contributed by atoms with van der Waals surface area (Å²) in [5.41, 5.74) is 2.79. The molecule has 5 nitrogen and oxygen atoms in total. The molecule has 1 atom stereocenters. The van der Waals surface area contributed by atoms with Crippen LogP contribution in [0.4, 0.5) is 0 Å². The minimum atomic E-state index is 0. The van der Waals surface area contributed by atoms with Gasteiger partial charge in [-0.1, -0.05) is 36.4 Å². The minimum absolute atomic E-state index is 0. The van der Waals surface area contributed by atoms with Crippen LogP contribution in [0.15, 0.2) is 41.4 Å². The Morgan fingerprint density at radius 1 is 1.19 bits per heavy atom. The highest BCUT2D eigenvalue weighted by molar-refractivity contribution is 14.0. The van der Waals surface area contributed by atoms with Gasteiger partial charge in [0, 0.05) is 38.8 Å². The molecule has 0 radical (unpaired) electrons. The lowest BCUT2D eigenvalue weighted by atomic mass is 10.00. The zero-order valence-corrected chi connectivity index (χ0v) is 18.9. The molecule has 1 aromatic carbocycles. The van der Waals surface area contributed by atoms with Crippen LogP contribution in [-0.4, -0.2) is 74.3 Å². The van der Waals surface area contributed by atoms with E-state index in [1.54, 1.807) is 0 Å². The van der Waals surface area contributed by atoms with Gasteiger partial charge in [-0.05, 0) is 31.4 Å². The predicted octanol–water partition coefficient (Wildman–Crippen LogP) is 3.08. The molecule has 0 amide bonds. The van der Waals surface area contributed by atoms with Gasteiger partial charge in [-0.2, -0.15) is 0 Å². The molecule has 0 aliphatic carbocycles. The molecule has 150 valence electrons. The number of aliphatic imine (C=N–C) groups is 1. The molecule has 2 heterocycles. The van der Waals surface area contributed by atoms with E-state index in [0.717, 1.165) is 64.9 Å². The van der Waals surface area contributed by atoms with Crippen molar-refractivity contribution in [2.45, 2.75) is 26.3 Å². The first-order valence-electron chi connectivity index (χ1n) is 9.87. The fraction of sp³-hybridized carbons (Fsp3) is 0.571. The summed E-state index contributed by atoms with van der Waals surface area (Å²) in [5, 5.41) is 3.47. The number of hydrogen-bond acceptors (Lipinski definition) is 3. The van der Waals surface area contributed by atoms with Crippen LogP contribution in [0.5, 0.6) is 0 Å². The predicted molar refractivity (Wildman–Crippen MR) is 124 cm³/mol. The van der Waals surface area contributed by atoms with Crippen LogP contribution in [-0.2, 0) is 4.74 Å². The summed E-state index contributed by atoms with van der Waals surface area (Å²) in [4.78, 5) is 9.77. The van der Waals surface area contributed by atoms with Crippen molar-refractivity contribution in [2.24, 2.45) is 4.99 Å². The fourth-order valence-corrected chi connectivity index (χ4v) is 3.55. The lowest BCUT2D eigenvalue weighted by Gasteiger charge is -2.33. The molecule has 0 saturated carbocycles. The van der Waals surface area contributed by atoms with E-state index >= 15 is 0 Å². The maximum Gasteiger partial charge on any atom is 0.194 e. The normalized spacial score (nSPS) is 19.9. The monoisotopic (exact) mass is 484 g/mol. The van der Waals surface area contributed by atoms with E-state index in [-0.39, 0.29) is 24.0 Å². The molecule has 0 aromatic heterocycles. The van der Waals surface area contributed by atoms with E-state index in [1.807, 2.05) is 0 Å². The third kappa shape index (κ3) is 6.47. The second kappa shape index (κ2) is 11.7. The van der Waals surface area contributed by atoms with Crippen LogP contribution in [0.2, 0.25) is 0 Å². The summed E-state index contributed by atoms with van der Waals surface area (Å²) in [7, 11) is 0. The fourth-order valence-electron chi connectivity index (χ4n) is 3.55. The topological polar surface area (TPSA) is 40.1 Å². The molecule has 6 heteroatoms. The molecule has 27 heavy (non-hydrogen) atoms. The summed E-state index contributed by atoms with van der Waals surface area (Å²) in [6.07, 6.45) is 3.41. The maximum absolute atomic E-state index is 5.45. The van der Waals surface area contributed by atoms with Crippen molar-refractivity contribution in [1.82, 2.24) is 15.1 Å².